The van der Waals surface area contributed by atoms with Crippen molar-refractivity contribution in [2.24, 2.45) is 22.7 Å². The average molecular weight is 290 g/mol. The standard InChI is InChI=1S/C11H22N4O3S/c1-8-4-6-15(7-5-8)19(17,18)14-10(9-2-3-9)11(12)13-16/h8-10,14,16H,2-7H2,1H3,(H2,12,13). The van der Waals surface area contributed by atoms with Crippen molar-refractivity contribution in [1.29, 1.82) is 0 Å². The molecule has 1 saturated carbocycles. The van der Waals surface area contributed by atoms with Gasteiger partial charge in [0, 0.05) is 13.1 Å². The van der Waals surface area contributed by atoms with Crippen molar-refractivity contribution in [1.82, 2.24) is 9.03 Å². The van der Waals surface area contributed by atoms with Gasteiger partial charge in [0.1, 0.15) is 0 Å². The molecule has 1 heterocycles. The van der Waals surface area contributed by atoms with Crippen molar-refractivity contribution in [3.8, 4) is 0 Å². The molecule has 8 heteroatoms. The van der Waals surface area contributed by atoms with Crippen LogP contribution in [-0.4, -0.2) is 42.9 Å². The zero-order valence-electron chi connectivity index (χ0n) is 11.1. The summed E-state index contributed by atoms with van der Waals surface area (Å²) in [5.41, 5.74) is 5.57. The van der Waals surface area contributed by atoms with E-state index in [2.05, 4.69) is 16.8 Å². The molecule has 0 radical (unpaired) electrons. The minimum Gasteiger partial charge on any atom is -0.409 e. The van der Waals surface area contributed by atoms with E-state index in [0.29, 0.717) is 19.0 Å². The van der Waals surface area contributed by atoms with E-state index in [9.17, 15) is 8.42 Å². The van der Waals surface area contributed by atoms with Crippen LogP contribution in [0.2, 0.25) is 0 Å². The van der Waals surface area contributed by atoms with E-state index in [1.54, 1.807) is 0 Å². The van der Waals surface area contributed by atoms with Crippen LogP contribution in [0, 0.1) is 11.8 Å². The molecule has 4 N–H and O–H groups in total. The third kappa shape index (κ3) is 3.58. The molecule has 0 aromatic heterocycles. The second kappa shape index (κ2) is 5.64. The Bertz CT molecular complexity index is 439. The Balaban J connectivity index is 2.03. The van der Waals surface area contributed by atoms with E-state index in [4.69, 9.17) is 10.9 Å². The second-order valence-corrected chi connectivity index (χ2v) is 7.25. The Hall–Kier alpha value is -0.860. The number of amidine groups is 1. The smallest absolute Gasteiger partial charge is 0.280 e. The lowest BCUT2D eigenvalue weighted by Gasteiger charge is -2.30. The number of rotatable bonds is 5. The lowest BCUT2D eigenvalue weighted by Crippen LogP contribution is -2.52. The molecule has 0 amide bonds. The van der Waals surface area contributed by atoms with Gasteiger partial charge in [-0.3, -0.25) is 0 Å². The van der Waals surface area contributed by atoms with Gasteiger partial charge in [-0.15, -0.1) is 0 Å². The summed E-state index contributed by atoms with van der Waals surface area (Å²) in [6.07, 6.45) is 3.55. The molecule has 0 bridgehead atoms. The van der Waals surface area contributed by atoms with Crippen molar-refractivity contribution in [2.45, 2.75) is 38.6 Å². The monoisotopic (exact) mass is 290 g/mol. The number of oxime groups is 1. The topological polar surface area (TPSA) is 108 Å². The Labute approximate surface area is 114 Å². The highest BCUT2D eigenvalue weighted by Gasteiger charge is 2.38. The van der Waals surface area contributed by atoms with Gasteiger partial charge in [-0.25, -0.2) is 0 Å². The van der Waals surface area contributed by atoms with E-state index in [-0.39, 0.29) is 11.8 Å². The summed E-state index contributed by atoms with van der Waals surface area (Å²) in [6.45, 7) is 3.19. The van der Waals surface area contributed by atoms with E-state index >= 15 is 0 Å². The maximum absolute atomic E-state index is 12.3. The molecule has 1 aliphatic heterocycles. The summed E-state index contributed by atoms with van der Waals surface area (Å²) in [7, 11) is -3.55. The Kier molecular flexibility index (Phi) is 4.32. The van der Waals surface area contributed by atoms with Crippen molar-refractivity contribution in [3.63, 3.8) is 0 Å². The van der Waals surface area contributed by atoms with E-state index in [1.807, 2.05) is 0 Å². The molecule has 19 heavy (non-hydrogen) atoms. The molecule has 1 saturated heterocycles. The van der Waals surface area contributed by atoms with Crippen molar-refractivity contribution in [3.05, 3.63) is 0 Å². The molecular weight excluding hydrogens is 268 g/mol. The molecule has 2 rings (SSSR count). The number of hydrogen-bond acceptors (Lipinski definition) is 4. The first kappa shape index (κ1) is 14.5. The molecule has 110 valence electrons. The summed E-state index contributed by atoms with van der Waals surface area (Å²) in [4.78, 5) is 0. The molecule has 2 fully saturated rings. The number of nitrogens with zero attached hydrogens (tertiary/aromatic N) is 2. The van der Waals surface area contributed by atoms with Gasteiger partial charge in [-0.05, 0) is 37.5 Å². The number of hydrogen-bond donors (Lipinski definition) is 3. The van der Waals surface area contributed by atoms with Gasteiger partial charge < -0.3 is 10.9 Å². The fourth-order valence-corrected chi connectivity index (χ4v) is 3.82. The van der Waals surface area contributed by atoms with Crippen LogP contribution in [-0.2, 0) is 10.2 Å². The number of piperidine rings is 1. The molecule has 1 atom stereocenters. The molecule has 1 unspecified atom stereocenters. The van der Waals surface area contributed by atoms with Crippen LogP contribution in [0.4, 0.5) is 0 Å². The van der Waals surface area contributed by atoms with Crippen LogP contribution in [0.5, 0.6) is 0 Å². The zero-order chi connectivity index (χ0) is 14.0. The lowest BCUT2D eigenvalue weighted by molar-refractivity contribution is 0.283. The van der Waals surface area contributed by atoms with Gasteiger partial charge in [0.2, 0.25) is 0 Å². The predicted octanol–water partition coefficient (Wildman–Crippen LogP) is 0.0777. The molecule has 0 aromatic rings. The van der Waals surface area contributed by atoms with Gasteiger partial charge in [-0.2, -0.15) is 17.4 Å². The number of nitrogens with one attached hydrogen (secondary N) is 1. The van der Waals surface area contributed by atoms with Crippen molar-refractivity contribution < 1.29 is 13.6 Å². The van der Waals surface area contributed by atoms with Crippen molar-refractivity contribution in [2.75, 3.05) is 13.1 Å². The maximum Gasteiger partial charge on any atom is 0.280 e. The van der Waals surface area contributed by atoms with E-state index in [1.165, 1.54) is 4.31 Å². The van der Waals surface area contributed by atoms with Crippen LogP contribution in [0.15, 0.2) is 5.16 Å². The highest BCUT2D eigenvalue weighted by Crippen LogP contribution is 2.33. The Morgan fingerprint density at radius 2 is 1.95 bits per heavy atom. The predicted molar refractivity (Wildman–Crippen MR) is 71.9 cm³/mol. The first-order chi connectivity index (χ1) is 8.94. The fraction of sp³-hybridized carbons (Fsp3) is 0.909. The first-order valence-electron chi connectivity index (χ1n) is 6.69. The van der Waals surface area contributed by atoms with Gasteiger partial charge in [-0.1, -0.05) is 12.1 Å². The molecule has 0 aromatic carbocycles. The third-order valence-electron chi connectivity index (χ3n) is 3.89. The first-order valence-corrected chi connectivity index (χ1v) is 8.13. The fourth-order valence-electron chi connectivity index (χ4n) is 2.35. The molecule has 2 aliphatic rings. The van der Waals surface area contributed by atoms with Gasteiger partial charge in [0.05, 0.1) is 6.04 Å². The van der Waals surface area contributed by atoms with Crippen molar-refractivity contribution >= 4 is 16.0 Å². The normalized spacial score (nSPS) is 25.4. The summed E-state index contributed by atoms with van der Waals surface area (Å²) in [5, 5.41) is 11.7. The largest absolute Gasteiger partial charge is 0.409 e. The van der Waals surface area contributed by atoms with Crippen LogP contribution >= 0.6 is 0 Å². The van der Waals surface area contributed by atoms with Crippen LogP contribution in [0.3, 0.4) is 0 Å². The minimum atomic E-state index is -3.55. The van der Waals surface area contributed by atoms with Crippen LogP contribution in [0.1, 0.15) is 32.6 Å². The second-order valence-electron chi connectivity index (χ2n) is 5.54. The van der Waals surface area contributed by atoms with Crippen LogP contribution < -0.4 is 10.5 Å². The quantitative estimate of drug-likeness (QED) is 0.288. The van der Waals surface area contributed by atoms with Gasteiger partial charge in [0.15, 0.2) is 5.84 Å². The Morgan fingerprint density at radius 1 is 1.37 bits per heavy atom. The highest BCUT2D eigenvalue weighted by molar-refractivity contribution is 7.87. The van der Waals surface area contributed by atoms with Crippen LogP contribution in [0.25, 0.3) is 0 Å². The molecule has 0 spiro atoms. The summed E-state index contributed by atoms with van der Waals surface area (Å²) in [6, 6.07) is -0.589. The maximum atomic E-state index is 12.3. The van der Waals surface area contributed by atoms with Gasteiger partial charge >= 0.3 is 0 Å². The van der Waals surface area contributed by atoms with E-state index in [0.717, 1.165) is 25.7 Å². The van der Waals surface area contributed by atoms with E-state index < -0.39 is 16.3 Å². The number of nitrogens with two attached hydrogens (primary N) is 1. The SMILES string of the molecule is CC1CCN(S(=O)(=O)NC(C(N)=NO)C2CC2)CC1. The Morgan fingerprint density at radius 3 is 2.42 bits per heavy atom. The molecular formula is C11H22N4O3S. The van der Waals surface area contributed by atoms with Gasteiger partial charge in [0.25, 0.3) is 10.2 Å². The highest BCUT2D eigenvalue weighted by atomic mass is 32.2. The molecule has 1 aliphatic carbocycles. The summed E-state index contributed by atoms with van der Waals surface area (Å²) < 4.78 is 28.6. The summed E-state index contributed by atoms with van der Waals surface area (Å²) >= 11 is 0. The zero-order valence-corrected chi connectivity index (χ0v) is 11.9. The average Bonchev–Trinajstić information content (AvgIpc) is 3.20. The lowest BCUT2D eigenvalue weighted by atomic mass is 10.0. The molecule has 7 nitrogen and oxygen atoms in total. The third-order valence-corrected chi connectivity index (χ3v) is 5.48. The minimum absolute atomic E-state index is 0.0588. The summed E-state index contributed by atoms with van der Waals surface area (Å²) in [5.74, 6) is 0.653.